The van der Waals surface area contributed by atoms with Crippen molar-refractivity contribution in [2.24, 2.45) is 5.73 Å². The van der Waals surface area contributed by atoms with Crippen LogP contribution in [0.25, 0.3) is 0 Å². The summed E-state index contributed by atoms with van der Waals surface area (Å²) in [7, 11) is -2.66. The maximum Gasteiger partial charge on any atom is 0.373 e. The molecule has 0 saturated carbocycles. The Hall–Kier alpha value is -1.87. The molecule has 3 N–H and O–H groups in total. The highest BCUT2D eigenvalue weighted by Crippen LogP contribution is 2.22. The van der Waals surface area contributed by atoms with Gasteiger partial charge in [0.25, 0.3) is 0 Å². The molecule has 1 aromatic carbocycles. The first kappa shape index (κ1) is 21.2. The van der Waals surface area contributed by atoms with Crippen molar-refractivity contribution in [2.75, 3.05) is 13.7 Å². The van der Waals surface area contributed by atoms with Crippen LogP contribution in [0.15, 0.2) is 45.7 Å². The van der Waals surface area contributed by atoms with E-state index < -0.39 is 22.0 Å². The summed E-state index contributed by atoms with van der Waals surface area (Å²) < 4.78 is 37.3. The first-order valence-electron chi connectivity index (χ1n) is 7.40. The van der Waals surface area contributed by atoms with Crippen LogP contribution >= 0.6 is 12.4 Å². The first-order valence-corrected chi connectivity index (χ1v) is 8.88. The van der Waals surface area contributed by atoms with Crippen LogP contribution in [0, 0.1) is 0 Å². The molecule has 0 spiro atoms. The maximum absolute atomic E-state index is 12.5. The molecule has 9 heteroatoms. The summed E-state index contributed by atoms with van der Waals surface area (Å²) in [4.78, 5) is 11.4. The van der Waals surface area contributed by atoms with Crippen LogP contribution in [0.4, 0.5) is 0 Å². The van der Waals surface area contributed by atoms with Gasteiger partial charge in [-0.1, -0.05) is 37.3 Å². The molecule has 1 unspecified atom stereocenters. The summed E-state index contributed by atoms with van der Waals surface area (Å²) >= 11 is 0. The number of halogens is 1. The molecule has 1 heterocycles. The number of hydrogen-bond donors (Lipinski definition) is 2. The molecular weight excluding hydrogens is 368 g/mol. The Morgan fingerprint density at radius 1 is 1.32 bits per heavy atom. The lowest BCUT2D eigenvalue weighted by Crippen LogP contribution is -2.32. The normalized spacial score (nSPS) is 12.3. The number of hydrogen-bond acceptors (Lipinski definition) is 6. The van der Waals surface area contributed by atoms with Crippen molar-refractivity contribution in [3.8, 4) is 0 Å². The third-order valence-corrected chi connectivity index (χ3v) is 4.96. The molecule has 0 aliphatic carbocycles. The third kappa shape index (κ3) is 5.05. The van der Waals surface area contributed by atoms with Crippen molar-refractivity contribution in [3.63, 3.8) is 0 Å². The minimum Gasteiger partial charge on any atom is -0.463 e. The Morgan fingerprint density at radius 3 is 2.52 bits per heavy atom. The summed E-state index contributed by atoms with van der Waals surface area (Å²) in [5.74, 6) is -0.689. The van der Waals surface area contributed by atoms with Crippen molar-refractivity contribution >= 4 is 28.4 Å². The van der Waals surface area contributed by atoms with E-state index in [2.05, 4.69) is 9.46 Å². The molecule has 0 radical (unpaired) electrons. The fourth-order valence-electron chi connectivity index (χ4n) is 2.18. The topological polar surface area (TPSA) is 112 Å². The summed E-state index contributed by atoms with van der Waals surface area (Å²) in [5.41, 5.74) is 6.82. The van der Waals surface area contributed by atoms with Gasteiger partial charge in [-0.3, -0.25) is 0 Å². The Labute approximate surface area is 153 Å². The number of nitrogens with two attached hydrogens (primary N) is 1. The number of carbonyl (C=O) groups is 1. The molecule has 2 rings (SSSR count). The molecule has 138 valence electrons. The quantitative estimate of drug-likeness (QED) is 0.702. The van der Waals surface area contributed by atoms with Crippen molar-refractivity contribution in [1.29, 1.82) is 0 Å². The molecule has 1 aromatic heterocycles. The molecule has 0 aliphatic rings. The lowest BCUT2D eigenvalue weighted by Gasteiger charge is -2.13. The summed E-state index contributed by atoms with van der Waals surface area (Å²) in [6, 6.07) is 9.84. The summed E-state index contributed by atoms with van der Waals surface area (Å²) in [6.45, 7) is 1.75. The molecule has 0 amide bonds. The smallest absolute Gasteiger partial charge is 0.373 e. The van der Waals surface area contributed by atoms with Crippen LogP contribution in [0.5, 0.6) is 0 Å². The van der Waals surface area contributed by atoms with Crippen molar-refractivity contribution in [3.05, 3.63) is 53.5 Å². The van der Waals surface area contributed by atoms with Crippen LogP contribution in [-0.2, 0) is 21.2 Å². The molecule has 1 atom stereocenters. The zero-order chi connectivity index (χ0) is 17.7. The lowest BCUT2D eigenvalue weighted by molar-refractivity contribution is 0.0563. The molecule has 7 nitrogen and oxygen atoms in total. The van der Waals surface area contributed by atoms with Crippen molar-refractivity contribution < 1.29 is 22.4 Å². The number of esters is 1. The van der Waals surface area contributed by atoms with Gasteiger partial charge in [0.05, 0.1) is 7.11 Å². The molecule has 25 heavy (non-hydrogen) atoms. The standard InChI is InChI=1S/C16H20N2O5S.ClH/c1-3-13-15(9-14(23-13)16(19)22-2)24(20,21)18-10-12(17)11-7-5-4-6-8-11;/h4-9,12,18H,3,10,17H2,1-2H3;1H. The minimum absolute atomic E-state index is 0. The Balaban J connectivity index is 0.00000312. The number of carbonyl (C=O) groups excluding carboxylic acids is 1. The van der Waals surface area contributed by atoms with E-state index in [0.29, 0.717) is 6.42 Å². The largest absolute Gasteiger partial charge is 0.463 e. The highest BCUT2D eigenvalue weighted by Gasteiger charge is 2.26. The Bertz CT molecular complexity index is 805. The van der Waals surface area contributed by atoms with Gasteiger partial charge in [0.2, 0.25) is 15.8 Å². The van der Waals surface area contributed by atoms with Gasteiger partial charge in [-0.05, 0) is 5.56 Å². The third-order valence-electron chi connectivity index (χ3n) is 3.49. The van der Waals surface area contributed by atoms with E-state index >= 15 is 0 Å². The average Bonchev–Trinajstić information content (AvgIpc) is 3.05. The van der Waals surface area contributed by atoms with Gasteiger partial charge in [0, 0.05) is 25.1 Å². The van der Waals surface area contributed by atoms with E-state index in [1.807, 2.05) is 30.3 Å². The summed E-state index contributed by atoms with van der Waals surface area (Å²) in [6.07, 6.45) is 0.317. The second-order valence-corrected chi connectivity index (χ2v) is 6.85. The van der Waals surface area contributed by atoms with Crippen LogP contribution in [0.2, 0.25) is 0 Å². The second kappa shape index (κ2) is 9.00. The number of aryl methyl sites for hydroxylation is 1. The Morgan fingerprint density at radius 2 is 1.96 bits per heavy atom. The van der Waals surface area contributed by atoms with Gasteiger partial charge in [-0.25, -0.2) is 17.9 Å². The minimum atomic E-state index is -3.86. The number of benzene rings is 1. The number of furan rings is 1. The SMILES string of the molecule is CCc1oc(C(=O)OC)cc1S(=O)(=O)NCC(N)c1ccccc1.Cl. The van der Waals surface area contributed by atoms with Crippen LogP contribution in [0.3, 0.4) is 0 Å². The number of rotatable bonds is 7. The van der Waals surface area contributed by atoms with Crippen LogP contribution < -0.4 is 10.5 Å². The fraction of sp³-hybridized carbons (Fsp3) is 0.312. The fourth-order valence-corrected chi connectivity index (χ4v) is 3.48. The van der Waals surface area contributed by atoms with Gasteiger partial charge >= 0.3 is 5.97 Å². The number of ether oxygens (including phenoxy) is 1. The van der Waals surface area contributed by atoms with E-state index in [1.165, 1.54) is 13.2 Å². The average molecular weight is 389 g/mol. The predicted molar refractivity (Wildman–Crippen MR) is 95.2 cm³/mol. The van der Waals surface area contributed by atoms with Gasteiger partial charge in [0.15, 0.2) is 0 Å². The van der Waals surface area contributed by atoms with Gasteiger partial charge in [-0.2, -0.15) is 0 Å². The van der Waals surface area contributed by atoms with Crippen molar-refractivity contribution in [1.82, 2.24) is 4.72 Å². The number of methoxy groups -OCH3 is 1. The van der Waals surface area contributed by atoms with Gasteiger partial charge in [0.1, 0.15) is 10.7 Å². The molecule has 0 fully saturated rings. The first-order chi connectivity index (χ1) is 11.4. The molecule has 0 saturated heterocycles. The monoisotopic (exact) mass is 388 g/mol. The molecular formula is C16H21ClN2O5S. The van der Waals surface area contributed by atoms with Crippen molar-refractivity contribution in [2.45, 2.75) is 24.3 Å². The molecule has 0 aliphatic heterocycles. The number of nitrogens with one attached hydrogen (secondary N) is 1. The van der Waals surface area contributed by atoms with Crippen LogP contribution in [0.1, 0.15) is 34.8 Å². The van der Waals surface area contributed by atoms with E-state index in [1.54, 1.807) is 6.92 Å². The van der Waals surface area contributed by atoms with E-state index in [4.69, 9.17) is 10.2 Å². The molecule has 0 bridgehead atoms. The van der Waals surface area contributed by atoms with Crippen LogP contribution in [-0.4, -0.2) is 28.0 Å². The highest BCUT2D eigenvalue weighted by atomic mass is 35.5. The van der Waals surface area contributed by atoms with E-state index in [9.17, 15) is 13.2 Å². The van der Waals surface area contributed by atoms with Gasteiger partial charge in [-0.15, -0.1) is 12.4 Å². The molecule has 2 aromatic rings. The van der Waals surface area contributed by atoms with E-state index in [-0.39, 0.29) is 35.4 Å². The van der Waals surface area contributed by atoms with Gasteiger partial charge < -0.3 is 14.9 Å². The lowest BCUT2D eigenvalue weighted by atomic mass is 10.1. The maximum atomic E-state index is 12.5. The second-order valence-electron chi connectivity index (χ2n) is 5.11. The zero-order valence-corrected chi connectivity index (χ0v) is 15.5. The number of sulfonamides is 1. The zero-order valence-electron chi connectivity index (χ0n) is 13.9. The highest BCUT2D eigenvalue weighted by molar-refractivity contribution is 7.89. The van der Waals surface area contributed by atoms with E-state index in [0.717, 1.165) is 5.56 Å². The predicted octanol–water partition coefficient (Wildman–Crippen LogP) is 2.03. The summed E-state index contributed by atoms with van der Waals surface area (Å²) in [5, 5.41) is 0. The Kier molecular flexibility index (Phi) is 7.62.